The van der Waals surface area contributed by atoms with Crippen molar-refractivity contribution < 1.29 is 4.79 Å². The molecule has 1 aliphatic heterocycles. The number of amides is 1. The van der Waals surface area contributed by atoms with Crippen LogP contribution in [0.4, 0.5) is 0 Å². The number of hydrogen-bond donors (Lipinski definition) is 0. The molecule has 0 saturated carbocycles. The van der Waals surface area contributed by atoms with Crippen LogP contribution < -0.4 is 5.56 Å². The number of fused-ring (bicyclic) bond motifs is 3. The van der Waals surface area contributed by atoms with Crippen LogP contribution in [0.2, 0.25) is 0 Å². The number of piperidine rings is 1. The average molecular weight is 415 g/mol. The van der Waals surface area contributed by atoms with E-state index in [1.807, 2.05) is 47.4 Å². The van der Waals surface area contributed by atoms with Gasteiger partial charge in [0.15, 0.2) is 0 Å². The quantitative estimate of drug-likeness (QED) is 0.510. The second-order valence-corrected chi connectivity index (χ2v) is 8.39. The molecule has 6 nitrogen and oxygen atoms in total. The minimum absolute atomic E-state index is 0.0218. The highest BCUT2D eigenvalue weighted by Gasteiger charge is 2.24. The van der Waals surface area contributed by atoms with Crippen molar-refractivity contribution in [3.8, 4) is 0 Å². The Morgan fingerprint density at radius 1 is 1.03 bits per heavy atom. The first-order chi connectivity index (χ1) is 15.1. The van der Waals surface area contributed by atoms with E-state index in [-0.39, 0.29) is 24.1 Å². The predicted molar refractivity (Wildman–Crippen MR) is 122 cm³/mol. The highest BCUT2D eigenvalue weighted by Crippen LogP contribution is 2.27. The molecule has 0 aliphatic carbocycles. The van der Waals surface area contributed by atoms with E-state index in [1.165, 1.54) is 4.68 Å². The van der Waals surface area contributed by atoms with Crippen LogP contribution in [0.3, 0.4) is 0 Å². The summed E-state index contributed by atoms with van der Waals surface area (Å²) in [5.74, 6) is -0.0353. The van der Waals surface area contributed by atoms with Gasteiger partial charge in [-0.2, -0.15) is 5.10 Å². The first-order valence-electron chi connectivity index (χ1n) is 10.9. The molecule has 1 fully saturated rings. The first-order valence-corrected chi connectivity index (χ1v) is 10.9. The lowest BCUT2D eigenvalue weighted by atomic mass is 10.0. The maximum Gasteiger partial charge on any atom is 0.291 e. The summed E-state index contributed by atoms with van der Waals surface area (Å²) in [5.41, 5.74) is 2.49. The summed E-state index contributed by atoms with van der Waals surface area (Å²) in [6.45, 7) is 3.40. The summed E-state index contributed by atoms with van der Waals surface area (Å²) in [7, 11) is 0. The van der Waals surface area contributed by atoms with Crippen LogP contribution in [0.1, 0.15) is 31.7 Å². The Kier molecular flexibility index (Phi) is 5.06. The lowest BCUT2D eigenvalue weighted by Gasteiger charge is -2.33. The molecule has 1 atom stereocenters. The largest absolute Gasteiger partial charge is 0.338 e. The zero-order valence-corrected chi connectivity index (χ0v) is 17.7. The summed E-state index contributed by atoms with van der Waals surface area (Å²) in [6, 6.07) is 18.3. The van der Waals surface area contributed by atoms with Gasteiger partial charge in [-0.3, -0.25) is 9.59 Å². The molecule has 5 rings (SSSR count). The molecule has 6 heteroatoms. The van der Waals surface area contributed by atoms with Crippen molar-refractivity contribution in [1.29, 1.82) is 0 Å². The summed E-state index contributed by atoms with van der Waals surface area (Å²) in [5, 5.41) is 6.21. The number of likely N-dealkylation sites (tertiary alicyclic amines) is 1. The van der Waals surface area contributed by atoms with Crippen molar-refractivity contribution in [2.45, 2.75) is 45.3 Å². The van der Waals surface area contributed by atoms with Gasteiger partial charge in [0.25, 0.3) is 5.56 Å². The highest BCUT2D eigenvalue weighted by atomic mass is 16.2. The summed E-state index contributed by atoms with van der Waals surface area (Å²) in [6.07, 6.45) is 4.91. The topological polar surface area (TPSA) is 60.1 Å². The Bertz CT molecular complexity index is 1310. The summed E-state index contributed by atoms with van der Waals surface area (Å²) >= 11 is 0. The van der Waals surface area contributed by atoms with E-state index in [1.54, 1.807) is 6.20 Å². The van der Waals surface area contributed by atoms with E-state index < -0.39 is 0 Å². The van der Waals surface area contributed by atoms with Crippen molar-refractivity contribution in [3.63, 3.8) is 0 Å². The molecule has 1 saturated heterocycles. The number of carbonyl (C=O) groups excluding carboxylic acids is 1. The van der Waals surface area contributed by atoms with Gasteiger partial charge in [0.1, 0.15) is 12.1 Å². The molecule has 2 aromatic carbocycles. The molecular formula is C25H26N4O2. The standard InChI is InChI=1S/C25H26N4O2/c1-18-9-7-8-14-27(18)23(30)17-29-25(31)24-21(15-26-29)20-12-5-6-13-22(20)28(24)16-19-10-3-2-4-11-19/h2-6,10-13,15,18H,7-9,14,16-17H2,1H3/t18-/m1/s1. The SMILES string of the molecule is C[C@@H]1CCCCN1C(=O)Cn1ncc2c3ccccc3n(Cc3ccccc3)c2c1=O. The fourth-order valence-electron chi connectivity index (χ4n) is 4.72. The predicted octanol–water partition coefficient (Wildman–Crippen LogP) is 3.80. The number of hydrogen-bond acceptors (Lipinski definition) is 3. The van der Waals surface area contributed by atoms with Crippen molar-refractivity contribution in [2.75, 3.05) is 6.54 Å². The Morgan fingerprint density at radius 3 is 2.61 bits per heavy atom. The number of benzene rings is 2. The van der Waals surface area contributed by atoms with Crippen LogP contribution in [-0.4, -0.2) is 37.7 Å². The monoisotopic (exact) mass is 414 g/mol. The Hall–Kier alpha value is -3.41. The van der Waals surface area contributed by atoms with E-state index in [4.69, 9.17) is 0 Å². The van der Waals surface area contributed by atoms with E-state index in [9.17, 15) is 9.59 Å². The molecule has 31 heavy (non-hydrogen) atoms. The smallest absolute Gasteiger partial charge is 0.291 e. The molecule has 4 aromatic rings. The van der Waals surface area contributed by atoms with Crippen LogP contribution in [0, 0.1) is 0 Å². The molecule has 0 unspecified atom stereocenters. The van der Waals surface area contributed by atoms with Crippen molar-refractivity contribution >= 4 is 27.7 Å². The molecule has 0 spiro atoms. The molecule has 2 aromatic heterocycles. The number of nitrogens with zero attached hydrogens (tertiary/aromatic N) is 4. The molecule has 158 valence electrons. The molecule has 1 aliphatic rings. The molecule has 0 bridgehead atoms. The second-order valence-electron chi connectivity index (χ2n) is 8.39. The fraction of sp³-hybridized carbons (Fsp3) is 0.320. The van der Waals surface area contributed by atoms with E-state index in [0.29, 0.717) is 12.1 Å². The molecule has 0 N–H and O–H groups in total. The van der Waals surface area contributed by atoms with Crippen molar-refractivity contribution in [2.24, 2.45) is 0 Å². The van der Waals surface area contributed by atoms with Gasteiger partial charge >= 0.3 is 0 Å². The van der Waals surface area contributed by atoms with Gasteiger partial charge in [-0.1, -0.05) is 48.5 Å². The van der Waals surface area contributed by atoms with Gasteiger partial charge in [0.2, 0.25) is 5.91 Å². The maximum atomic E-state index is 13.5. The summed E-state index contributed by atoms with van der Waals surface area (Å²) in [4.78, 5) is 28.3. The van der Waals surface area contributed by atoms with Gasteiger partial charge < -0.3 is 9.47 Å². The lowest BCUT2D eigenvalue weighted by molar-refractivity contribution is -0.135. The normalized spacial score (nSPS) is 16.8. The third-order valence-electron chi connectivity index (χ3n) is 6.37. The Labute approximate surface area is 180 Å². The van der Waals surface area contributed by atoms with Crippen LogP contribution in [0.15, 0.2) is 65.6 Å². The van der Waals surface area contributed by atoms with Gasteiger partial charge in [-0.15, -0.1) is 0 Å². The number of para-hydroxylation sites is 1. The van der Waals surface area contributed by atoms with Crippen LogP contribution >= 0.6 is 0 Å². The first kappa shape index (κ1) is 19.5. The summed E-state index contributed by atoms with van der Waals surface area (Å²) < 4.78 is 3.38. The average Bonchev–Trinajstić information content (AvgIpc) is 3.11. The number of aromatic nitrogens is 3. The van der Waals surface area contributed by atoms with E-state index in [0.717, 1.165) is 47.7 Å². The van der Waals surface area contributed by atoms with Crippen molar-refractivity contribution in [1.82, 2.24) is 19.2 Å². The van der Waals surface area contributed by atoms with Gasteiger partial charge in [-0.25, -0.2) is 4.68 Å². The zero-order chi connectivity index (χ0) is 21.4. The second kappa shape index (κ2) is 8.02. The third kappa shape index (κ3) is 3.52. The Morgan fingerprint density at radius 2 is 1.81 bits per heavy atom. The van der Waals surface area contributed by atoms with E-state index in [2.05, 4.69) is 28.7 Å². The van der Waals surface area contributed by atoms with Crippen LogP contribution in [-0.2, 0) is 17.9 Å². The third-order valence-corrected chi connectivity index (χ3v) is 6.37. The number of carbonyl (C=O) groups is 1. The van der Waals surface area contributed by atoms with E-state index >= 15 is 0 Å². The fourth-order valence-corrected chi connectivity index (χ4v) is 4.72. The van der Waals surface area contributed by atoms with Crippen molar-refractivity contribution in [3.05, 3.63) is 76.7 Å². The Balaban J connectivity index is 1.60. The highest BCUT2D eigenvalue weighted by molar-refractivity contribution is 6.07. The molecular weight excluding hydrogens is 388 g/mol. The van der Waals surface area contributed by atoms with Gasteiger partial charge in [0, 0.05) is 35.4 Å². The molecule has 0 radical (unpaired) electrons. The molecule has 3 heterocycles. The lowest BCUT2D eigenvalue weighted by Crippen LogP contribution is -2.45. The molecule has 1 amide bonds. The minimum atomic E-state index is -0.220. The number of rotatable bonds is 4. The van der Waals surface area contributed by atoms with Gasteiger partial charge in [0.05, 0.1) is 6.20 Å². The van der Waals surface area contributed by atoms with Gasteiger partial charge in [-0.05, 0) is 37.8 Å². The van der Waals surface area contributed by atoms with Crippen LogP contribution in [0.5, 0.6) is 0 Å². The maximum absolute atomic E-state index is 13.5. The zero-order valence-electron chi connectivity index (χ0n) is 17.7. The van der Waals surface area contributed by atoms with Crippen LogP contribution in [0.25, 0.3) is 21.8 Å². The minimum Gasteiger partial charge on any atom is -0.338 e.